The summed E-state index contributed by atoms with van der Waals surface area (Å²) in [6, 6.07) is 9.75. The van der Waals surface area contributed by atoms with Gasteiger partial charge < -0.3 is 9.47 Å². The Balaban J connectivity index is 1.53. The molecule has 0 amide bonds. The molecule has 0 spiro atoms. The van der Waals surface area contributed by atoms with Gasteiger partial charge in [-0.3, -0.25) is 19.2 Å². The van der Waals surface area contributed by atoms with Gasteiger partial charge in [-0.2, -0.15) is 8.42 Å². The molecule has 0 saturated carbocycles. The Bertz CT molecular complexity index is 1110. The molecule has 4 rings (SSSR count). The third-order valence-electron chi connectivity index (χ3n) is 4.09. The van der Waals surface area contributed by atoms with E-state index in [4.69, 9.17) is 13.7 Å². The topological polar surface area (TPSA) is 110 Å². The molecular formula is C17H16N2O6S. The highest BCUT2D eigenvalue weighted by atomic mass is 32.2. The van der Waals surface area contributed by atoms with Crippen LogP contribution in [0.4, 0.5) is 0 Å². The van der Waals surface area contributed by atoms with E-state index >= 15 is 0 Å². The predicted octanol–water partition coefficient (Wildman–Crippen LogP) is 1.71. The summed E-state index contributed by atoms with van der Waals surface area (Å²) in [5.74, 6) is 0.706. The van der Waals surface area contributed by atoms with Crippen molar-refractivity contribution in [2.45, 2.75) is 17.9 Å². The first-order chi connectivity index (χ1) is 12.4. The predicted molar refractivity (Wildman–Crippen MR) is 93.1 cm³/mol. The Morgan fingerprint density at radius 2 is 1.92 bits per heavy atom. The molecule has 8 nitrogen and oxygen atoms in total. The van der Waals surface area contributed by atoms with Crippen LogP contribution in [0.1, 0.15) is 5.56 Å². The molecule has 1 aliphatic rings. The van der Waals surface area contributed by atoms with E-state index in [-0.39, 0.29) is 29.4 Å². The van der Waals surface area contributed by atoms with Crippen LogP contribution in [0.15, 0.2) is 46.1 Å². The van der Waals surface area contributed by atoms with Crippen LogP contribution in [-0.2, 0) is 14.3 Å². The van der Waals surface area contributed by atoms with E-state index in [1.807, 2.05) is 6.92 Å². The third kappa shape index (κ3) is 2.95. The van der Waals surface area contributed by atoms with Crippen LogP contribution in [0.2, 0.25) is 0 Å². The van der Waals surface area contributed by atoms with Gasteiger partial charge in [0.25, 0.3) is 15.7 Å². The molecule has 9 heteroatoms. The third-order valence-corrected chi connectivity index (χ3v) is 5.38. The Labute approximate surface area is 148 Å². The summed E-state index contributed by atoms with van der Waals surface area (Å²) < 4.78 is 41.0. The van der Waals surface area contributed by atoms with E-state index in [0.29, 0.717) is 16.7 Å². The molecule has 0 saturated heterocycles. The van der Waals surface area contributed by atoms with Gasteiger partial charge in [0.1, 0.15) is 18.6 Å². The Kier molecular flexibility index (Phi) is 3.97. The quantitative estimate of drug-likeness (QED) is 0.671. The van der Waals surface area contributed by atoms with Gasteiger partial charge in [0.05, 0.1) is 10.4 Å². The summed E-state index contributed by atoms with van der Waals surface area (Å²) in [5.41, 5.74) is 1.19. The number of ether oxygens (including phenoxy) is 2. The lowest BCUT2D eigenvalue weighted by atomic mass is 10.2. The van der Waals surface area contributed by atoms with Crippen molar-refractivity contribution in [1.29, 1.82) is 0 Å². The molecule has 3 aromatic rings. The minimum atomic E-state index is -3.90. The van der Waals surface area contributed by atoms with Crippen molar-refractivity contribution < 1.29 is 22.1 Å². The van der Waals surface area contributed by atoms with Crippen molar-refractivity contribution in [1.82, 2.24) is 10.2 Å². The number of benzene rings is 2. The van der Waals surface area contributed by atoms with Crippen molar-refractivity contribution in [2.24, 2.45) is 0 Å². The van der Waals surface area contributed by atoms with Crippen LogP contribution in [0, 0.1) is 6.92 Å². The number of H-pyrrole nitrogens is 2. The molecule has 136 valence electrons. The largest absolute Gasteiger partial charge is 0.486 e. The molecule has 1 aliphatic heterocycles. The first-order valence-corrected chi connectivity index (χ1v) is 9.34. The standard InChI is InChI=1S/C17H16N2O6S/c1-10-2-4-12(5-3-10)26(21,22)24-9-11-8-23-14-7-6-13-15(16(14)25-11)17(20)19-18-13/h2-7,11H,8-9H2,1H3,(H2,18,19,20). The van der Waals surface area contributed by atoms with E-state index in [1.165, 1.54) is 12.1 Å². The zero-order valence-corrected chi connectivity index (χ0v) is 14.6. The van der Waals surface area contributed by atoms with Crippen LogP contribution in [-0.4, -0.2) is 37.9 Å². The summed E-state index contributed by atoms with van der Waals surface area (Å²) in [6.07, 6.45) is -0.664. The second-order valence-electron chi connectivity index (χ2n) is 6.00. The fourth-order valence-electron chi connectivity index (χ4n) is 2.71. The second-order valence-corrected chi connectivity index (χ2v) is 7.61. The molecule has 1 aromatic heterocycles. The lowest BCUT2D eigenvalue weighted by molar-refractivity contribution is 0.0571. The number of aryl methyl sites for hydroxylation is 1. The maximum absolute atomic E-state index is 12.3. The number of aromatic amines is 2. The van der Waals surface area contributed by atoms with Gasteiger partial charge in [0.15, 0.2) is 17.6 Å². The van der Waals surface area contributed by atoms with E-state index in [9.17, 15) is 13.2 Å². The number of rotatable bonds is 4. The van der Waals surface area contributed by atoms with Crippen LogP contribution in [0.25, 0.3) is 10.9 Å². The van der Waals surface area contributed by atoms with Crippen molar-refractivity contribution in [3.8, 4) is 11.5 Å². The van der Waals surface area contributed by atoms with Gasteiger partial charge in [-0.05, 0) is 31.2 Å². The Morgan fingerprint density at radius 3 is 2.69 bits per heavy atom. The minimum absolute atomic E-state index is 0.0738. The fraction of sp³-hybridized carbons (Fsp3) is 0.235. The molecular weight excluding hydrogens is 360 g/mol. The molecule has 2 N–H and O–H groups in total. The molecule has 0 radical (unpaired) electrons. The Morgan fingerprint density at radius 1 is 1.15 bits per heavy atom. The van der Waals surface area contributed by atoms with Gasteiger partial charge in [0.2, 0.25) is 0 Å². The first-order valence-electron chi connectivity index (χ1n) is 7.93. The molecule has 1 atom stereocenters. The number of hydrogen-bond donors (Lipinski definition) is 2. The maximum Gasteiger partial charge on any atom is 0.297 e. The van der Waals surface area contributed by atoms with Gasteiger partial charge in [0, 0.05) is 0 Å². The van der Waals surface area contributed by atoms with Crippen LogP contribution in [0.3, 0.4) is 0 Å². The normalized spacial score (nSPS) is 16.7. The zero-order valence-electron chi connectivity index (χ0n) is 13.8. The minimum Gasteiger partial charge on any atom is -0.486 e. The number of nitrogens with one attached hydrogen (secondary N) is 2. The van der Waals surface area contributed by atoms with E-state index < -0.39 is 16.2 Å². The molecule has 0 bridgehead atoms. The van der Waals surface area contributed by atoms with Crippen molar-refractivity contribution in [3.63, 3.8) is 0 Å². The summed E-state index contributed by atoms with van der Waals surface area (Å²) >= 11 is 0. The summed E-state index contributed by atoms with van der Waals surface area (Å²) in [7, 11) is -3.90. The highest BCUT2D eigenvalue weighted by Gasteiger charge is 2.27. The first kappa shape index (κ1) is 16.7. The zero-order chi connectivity index (χ0) is 18.3. The van der Waals surface area contributed by atoms with Crippen LogP contribution >= 0.6 is 0 Å². The van der Waals surface area contributed by atoms with Crippen LogP contribution in [0.5, 0.6) is 11.5 Å². The number of fused-ring (bicyclic) bond motifs is 3. The molecule has 0 fully saturated rings. The summed E-state index contributed by atoms with van der Waals surface area (Å²) in [5, 5.41) is 5.54. The molecule has 1 unspecified atom stereocenters. The average Bonchev–Trinajstić information content (AvgIpc) is 3.02. The monoisotopic (exact) mass is 376 g/mol. The van der Waals surface area contributed by atoms with E-state index in [2.05, 4.69) is 10.2 Å². The van der Waals surface area contributed by atoms with E-state index in [1.54, 1.807) is 24.3 Å². The lowest BCUT2D eigenvalue weighted by Crippen LogP contribution is -2.34. The fourth-order valence-corrected chi connectivity index (χ4v) is 3.65. The maximum atomic E-state index is 12.3. The second kappa shape index (κ2) is 6.19. The SMILES string of the molecule is Cc1ccc(S(=O)(=O)OCC2COc3ccc4[nH][nH]c(=O)c4c3O2)cc1. The van der Waals surface area contributed by atoms with E-state index in [0.717, 1.165) is 5.56 Å². The highest BCUT2D eigenvalue weighted by molar-refractivity contribution is 7.86. The van der Waals surface area contributed by atoms with Crippen LogP contribution < -0.4 is 15.0 Å². The molecule has 0 aliphatic carbocycles. The van der Waals surface area contributed by atoms with Crippen molar-refractivity contribution >= 4 is 21.0 Å². The number of hydrogen-bond acceptors (Lipinski definition) is 6. The molecule has 2 aromatic carbocycles. The Hall–Kier alpha value is -2.78. The lowest BCUT2D eigenvalue weighted by Gasteiger charge is -2.26. The van der Waals surface area contributed by atoms with Gasteiger partial charge in [-0.25, -0.2) is 0 Å². The van der Waals surface area contributed by atoms with Gasteiger partial charge >= 0.3 is 0 Å². The number of aromatic nitrogens is 2. The van der Waals surface area contributed by atoms with Gasteiger partial charge in [-0.15, -0.1) is 0 Å². The van der Waals surface area contributed by atoms with Gasteiger partial charge in [-0.1, -0.05) is 17.7 Å². The summed E-state index contributed by atoms with van der Waals surface area (Å²) in [4.78, 5) is 12.0. The summed E-state index contributed by atoms with van der Waals surface area (Å²) in [6.45, 7) is 1.75. The highest BCUT2D eigenvalue weighted by Crippen LogP contribution is 2.36. The molecule has 26 heavy (non-hydrogen) atoms. The average molecular weight is 376 g/mol. The smallest absolute Gasteiger partial charge is 0.297 e. The van der Waals surface area contributed by atoms with Crippen molar-refractivity contribution in [2.75, 3.05) is 13.2 Å². The molecule has 2 heterocycles. The van der Waals surface area contributed by atoms with Crippen molar-refractivity contribution in [3.05, 3.63) is 52.3 Å².